The van der Waals surface area contributed by atoms with Crippen molar-refractivity contribution in [3.05, 3.63) is 34.3 Å². The van der Waals surface area contributed by atoms with Gasteiger partial charge in [0.1, 0.15) is 5.54 Å². The van der Waals surface area contributed by atoms with Gasteiger partial charge < -0.3 is 14.3 Å². The zero-order valence-corrected chi connectivity index (χ0v) is 14.8. The molecule has 1 aromatic carbocycles. The van der Waals surface area contributed by atoms with E-state index in [1.165, 1.54) is 6.92 Å². The fourth-order valence-corrected chi connectivity index (χ4v) is 2.10. The van der Waals surface area contributed by atoms with Crippen molar-refractivity contribution in [3.8, 4) is 0 Å². The summed E-state index contributed by atoms with van der Waals surface area (Å²) in [6.07, 6.45) is -1.16. The lowest BCUT2D eigenvalue weighted by Crippen LogP contribution is -2.58. The highest BCUT2D eigenvalue weighted by Gasteiger charge is 2.40. The molecule has 0 saturated heterocycles. The molecular weight excluding hydrogens is 368 g/mol. The molecule has 0 heterocycles. The Labute approximate surface area is 143 Å². The van der Waals surface area contributed by atoms with Gasteiger partial charge in [0.15, 0.2) is 6.29 Å². The number of carbonyl (C=O) groups is 3. The van der Waals surface area contributed by atoms with Gasteiger partial charge in [0.05, 0.1) is 13.2 Å². The van der Waals surface area contributed by atoms with E-state index in [2.05, 4.69) is 21.4 Å². The number of rotatable bonds is 5. The van der Waals surface area contributed by atoms with Gasteiger partial charge in [0.2, 0.25) is 0 Å². The van der Waals surface area contributed by atoms with Crippen LogP contribution < -0.4 is 5.43 Å². The summed E-state index contributed by atoms with van der Waals surface area (Å²) in [4.78, 5) is 35.6. The molecule has 0 aliphatic rings. The highest BCUT2D eigenvalue weighted by Crippen LogP contribution is 2.27. The number of benzene rings is 1. The number of amides is 2. The maximum absolute atomic E-state index is 12.2. The zero-order chi connectivity index (χ0) is 17.5. The first-order valence-corrected chi connectivity index (χ1v) is 7.81. The van der Waals surface area contributed by atoms with Gasteiger partial charge in [-0.05, 0) is 38.5 Å². The van der Waals surface area contributed by atoms with Crippen LogP contribution in [0.15, 0.2) is 28.7 Å². The van der Waals surface area contributed by atoms with Crippen molar-refractivity contribution in [2.24, 2.45) is 0 Å². The molecule has 1 unspecified atom stereocenters. The number of halogens is 1. The minimum atomic E-state index is -1.46. The van der Waals surface area contributed by atoms with Crippen LogP contribution in [0.2, 0.25) is 0 Å². The van der Waals surface area contributed by atoms with Crippen LogP contribution in [-0.2, 0) is 19.8 Å². The summed E-state index contributed by atoms with van der Waals surface area (Å²) in [7, 11) is 0. The Kier molecular flexibility index (Phi) is 7.02. The summed E-state index contributed by atoms with van der Waals surface area (Å²) in [5.74, 6) is 0. The molecule has 0 spiro atoms. The Morgan fingerprint density at radius 3 is 2.26 bits per heavy atom. The summed E-state index contributed by atoms with van der Waals surface area (Å²) in [6.45, 7) is 4.96. The van der Waals surface area contributed by atoms with E-state index < -0.39 is 17.7 Å². The summed E-state index contributed by atoms with van der Waals surface area (Å²) in [5, 5.41) is 0.824. The summed E-state index contributed by atoms with van der Waals surface area (Å²) in [6, 6.07) is 6.78. The molecule has 0 aliphatic carbocycles. The van der Waals surface area contributed by atoms with Gasteiger partial charge in [-0.3, -0.25) is 0 Å². The Morgan fingerprint density at radius 1 is 1.22 bits per heavy atom. The second-order valence-corrected chi connectivity index (χ2v) is 5.55. The minimum absolute atomic E-state index is 0.0924. The Morgan fingerprint density at radius 2 is 1.78 bits per heavy atom. The van der Waals surface area contributed by atoms with E-state index in [1.807, 2.05) is 0 Å². The molecule has 23 heavy (non-hydrogen) atoms. The average molecular weight is 387 g/mol. The lowest BCUT2D eigenvalue weighted by atomic mass is 9.93. The van der Waals surface area contributed by atoms with E-state index in [9.17, 15) is 14.4 Å². The Bertz CT molecular complexity index is 563. The van der Waals surface area contributed by atoms with Crippen molar-refractivity contribution in [2.45, 2.75) is 26.3 Å². The Balaban J connectivity index is 3.22. The summed E-state index contributed by atoms with van der Waals surface area (Å²) < 4.78 is 10.5. The predicted molar refractivity (Wildman–Crippen MR) is 86.6 cm³/mol. The lowest BCUT2D eigenvalue weighted by Gasteiger charge is -2.35. The number of hydrogen-bond acceptors (Lipinski definition) is 5. The van der Waals surface area contributed by atoms with Crippen molar-refractivity contribution in [1.82, 2.24) is 10.4 Å². The molecule has 7 nitrogen and oxygen atoms in total. The van der Waals surface area contributed by atoms with Crippen LogP contribution in [0.5, 0.6) is 0 Å². The normalized spacial score (nSPS) is 12.7. The predicted octanol–water partition coefficient (Wildman–Crippen LogP) is 2.98. The fraction of sp³-hybridized carbons (Fsp3) is 0.400. The summed E-state index contributed by atoms with van der Waals surface area (Å²) >= 11 is 3.30. The van der Waals surface area contributed by atoms with E-state index in [-0.39, 0.29) is 13.2 Å². The highest BCUT2D eigenvalue weighted by atomic mass is 79.9. The molecule has 0 bridgehead atoms. The van der Waals surface area contributed by atoms with Crippen LogP contribution in [0.1, 0.15) is 26.3 Å². The number of nitrogens with zero attached hydrogens (tertiary/aromatic N) is 1. The molecule has 1 N–H and O–H groups in total. The molecule has 126 valence electrons. The third-order valence-electron chi connectivity index (χ3n) is 3.05. The lowest BCUT2D eigenvalue weighted by molar-refractivity contribution is -0.119. The van der Waals surface area contributed by atoms with Crippen molar-refractivity contribution < 1.29 is 23.9 Å². The molecule has 1 aromatic rings. The maximum atomic E-state index is 12.2. The second-order valence-electron chi connectivity index (χ2n) is 4.64. The minimum Gasteiger partial charge on any atom is -0.449 e. The van der Waals surface area contributed by atoms with Crippen LogP contribution in [-0.4, -0.2) is 36.7 Å². The number of hydrazine groups is 1. The quantitative estimate of drug-likeness (QED) is 0.620. The monoisotopic (exact) mass is 386 g/mol. The van der Waals surface area contributed by atoms with E-state index in [0.29, 0.717) is 11.8 Å². The van der Waals surface area contributed by atoms with E-state index in [0.717, 1.165) is 9.48 Å². The van der Waals surface area contributed by atoms with Gasteiger partial charge in [-0.1, -0.05) is 28.1 Å². The largest absolute Gasteiger partial charge is 0.449 e. The van der Waals surface area contributed by atoms with Gasteiger partial charge in [-0.25, -0.2) is 15.0 Å². The zero-order valence-electron chi connectivity index (χ0n) is 13.2. The first-order valence-electron chi connectivity index (χ1n) is 7.01. The molecule has 2 amide bonds. The molecule has 0 fully saturated rings. The van der Waals surface area contributed by atoms with Crippen LogP contribution in [0.3, 0.4) is 0 Å². The van der Waals surface area contributed by atoms with Crippen molar-refractivity contribution >= 4 is 34.4 Å². The Hall–Kier alpha value is -2.09. The number of aldehydes is 1. The molecule has 0 aliphatic heterocycles. The van der Waals surface area contributed by atoms with Crippen molar-refractivity contribution in [3.63, 3.8) is 0 Å². The van der Waals surface area contributed by atoms with E-state index in [1.54, 1.807) is 38.1 Å². The first kappa shape index (κ1) is 19.0. The third kappa shape index (κ3) is 4.69. The van der Waals surface area contributed by atoms with Gasteiger partial charge in [0.25, 0.3) is 0 Å². The number of nitrogens with one attached hydrogen (secondary N) is 1. The number of ether oxygens (including phenoxy) is 2. The third-order valence-corrected chi connectivity index (χ3v) is 3.58. The maximum Gasteiger partial charge on any atom is 0.430 e. The molecule has 0 aromatic heterocycles. The van der Waals surface area contributed by atoms with E-state index >= 15 is 0 Å². The van der Waals surface area contributed by atoms with Crippen molar-refractivity contribution in [2.75, 3.05) is 13.2 Å². The number of hydrogen-bond donors (Lipinski definition) is 1. The molecule has 0 radical (unpaired) electrons. The van der Waals surface area contributed by atoms with Crippen molar-refractivity contribution in [1.29, 1.82) is 0 Å². The van der Waals surface area contributed by atoms with Gasteiger partial charge in [0, 0.05) is 4.47 Å². The molecule has 8 heteroatoms. The standard InChI is InChI=1S/C15H19BrN2O5/c1-4-22-13(20)17-18(14(21)23-5-2)15(3,10-19)11-6-8-12(16)9-7-11/h6-10H,4-5H2,1-3H3,(H,17,20). The van der Waals surface area contributed by atoms with Crippen LogP contribution in [0.25, 0.3) is 0 Å². The second kappa shape index (κ2) is 8.52. The molecular formula is C15H19BrN2O5. The molecule has 1 rings (SSSR count). The average Bonchev–Trinajstić information content (AvgIpc) is 2.53. The first-order chi connectivity index (χ1) is 10.9. The van der Waals surface area contributed by atoms with Crippen LogP contribution in [0, 0.1) is 0 Å². The topological polar surface area (TPSA) is 84.9 Å². The van der Waals surface area contributed by atoms with E-state index in [4.69, 9.17) is 9.47 Å². The fourth-order valence-electron chi connectivity index (χ4n) is 1.83. The van der Waals surface area contributed by atoms with Crippen LogP contribution in [0.4, 0.5) is 9.59 Å². The van der Waals surface area contributed by atoms with Gasteiger partial charge >= 0.3 is 12.2 Å². The highest BCUT2D eigenvalue weighted by molar-refractivity contribution is 9.10. The SMILES string of the molecule is CCOC(=O)NN(C(=O)OCC)C(C)(C=O)c1ccc(Br)cc1. The van der Waals surface area contributed by atoms with Gasteiger partial charge in [-0.2, -0.15) is 5.01 Å². The van der Waals surface area contributed by atoms with Crippen LogP contribution >= 0.6 is 15.9 Å². The smallest absolute Gasteiger partial charge is 0.430 e. The molecule has 1 atom stereocenters. The number of carbonyl (C=O) groups excluding carboxylic acids is 3. The molecule has 0 saturated carbocycles. The summed E-state index contributed by atoms with van der Waals surface area (Å²) in [5.41, 5.74) is 1.30. The van der Waals surface area contributed by atoms with Gasteiger partial charge in [-0.15, -0.1) is 0 Å².